The van der Waals surface area contributed by atoms with Crippen molar-refractivity contribution >= 4 is 42.4 Å². The maximum Gasteiger partial charge on any atom is 0.210 e. The number of imidazole rings is 1. The van der Waals surface area contributed by atoms with Gasteiger partial charge in [0.25, 0.3) is 0 Å². The highest BCUT2D eigenvalue weighted by Gasteiger charge is 2.37. The van der Waals surface area contributed by atoms with Crippen molar-refractivity contribution in [2.75, 3.05) is 0 Å². The van der Waals surface area contributed by atoms with Gasteiger partial charge in [0, 0.05) is 11.0 Å². The van der Waals surface area contributed by atoms with Crippen molar-refractivity contribution in [3.8, 4) is 56.5 Å². The predicted octanol–water partition coefficient (Wildman–Crippen LogP) is 11.7. The Hall–Kier alpha value is -6.81. The van der Waals surface area contributed by atoms with Gasteiger partial charge in [-0.25, -0.2) is 13.4 Å². The zero-order chi connectivity index (χ0) is 37.2. The van der Waals surface area contributed by atoms with E-state index in [1.165, 1.54) is 22.3 Å². The van der Waals surface area contributed by atoms with Crippen LogP contribution in [-0.4, -0.2) is 18.0 Å². The molecule has 0 atom stereocenters. The van der Waals surface area contributed by atoms with E-state index >= 15 is 0 Å². The standard InChI is InChI=1S/C49H31N3O2S/c1-49(2)39-25-29(28-50)19-22-33(39)34-23-20-31(26-40(34)49)45-35-13-6-8-15-37(35)46(38-16-9-7-14-36(38)45)32-21-24-42-44(27-32)55(53,54)43-18-10-17-41-47(43)52(42)48(51-41)30-11-4-3-5-12-30/h3-27H,1-2H3. The number of fused-ring (bicyclic) bond motifs is 7. The van der Waals surface area contributed by atoms with Gasteiger partial charge >= 0.3 is 0 Å². The summed E-state index contributed by atoms with van der Waals surface area (Å²) in [5, 5.41) is 13.9. The molecule has 0 spiro atoms. The maximum atomic E-state index is 14.6. The summed E-state index contributed by atoms with van der Waals surface area (Å²) >= 11 is 0. The molecule has 0 radical (unpaired) electrons. The van der Waals surface area contributed by atoms with Crippen molar-refractivity contribution < 1.29 is 8.42 Å². The van der Waals surface area contributed by atoms with Gasteiger partial charge in [0.2, 0.25) is 9.84 Å². The molecular weight excluding hydrogens is 695 g/mol. The number of nitriles is 1. The highest BCUT2D eigenvalue weighted by atomic mass is 32.2. The number of aromatic nitrogens is 2. The molecule has 1 aliphatic carbocycles. The van der Waals surface area contributed by atoms with Crippen LogP contribution in [0.5, 0.6) is 0 Å². The van der Waals surface area contributed by atoms with Crippen LogP contribution in [0.25, 0.3) is 83.0 Å². The zero-order valence-electron chi connectivity index (χ0n) is 30.0. The van der Waals surface area contributed by atoms with Crippen LogP contribution in [-0.2, 0) is 15.3 Å². The third-order valence-electron chi connectivity index (χ3n) is 11.8. The fourth-order valence-corrected chi connectivity index (χ4v) is 10.9. The van der Waals surface area contributed by atoms with E-state index in [4.69, 9.17) is 4.98 Å². The molecular formula is C49H31N3O2S. The minimum absolute atomic E-state index is 0.261. The highest BCUT2D eigenvalue weighted by Crippen LogP contribution is 2.52. The second-order valence-electron chi connectivity index (χ2n) is 15.0. The first-order chi connectivity index (χ1) is 26.8. The Balaban J connectivity index is 1.15. The van der Waals surface area contributed by atoms with Gasteiger partial charge in [0.15, 0.2) is 0 Å². The quantitative estimate of drug-likeness (QED) is 0.170. The summed E-state index contributed by atoms with van der Waals surface area (Å²) in [4.78, 5) is 5.48. The van der Waals surface area contributed by atoms with Crippen molar-refractivity contribution in [3.05, 3.63) is 168 Å². The summed E-state index contributed by atoms with van der Waals surface area (Å²) in [6, 6.07) is 53.1. The van der Waals surface area contributed by atoms with Crippen molar-refractivity contribution in [1.82, 2.24) is 9.55 Å². The molecule has 260 valence electrons. The highest BCUT2D eigenvalue weighted by molar-refractivity contribution is 7.92. The van der Waals surface area contributed by atoms with E-state index in [1.54, 1.807) is 12.1 Å². The molecule has 0 saturated heterocycles. The lowest BCUT2D eigenvalue weighted by atomic mass is 9.80. The number of hydrogen-bond acceptors (Lipinski definition) is 4. The fraction of sp³-hybridized carbons (Fsp3) is 0.0612. The van der Waals surface area contributed by atoms with E-state index in [2.05, 4.69) is 98.8 Å². The summed E-state index contributed by atoms with van der Waals surface area (Å²) in [6.45, 7) is 4.48. The first-order valence-electron chi connectivity index (χ1n) is 18.4. The lowest BCUT2D eigenvalue weighted by molar-refractivity contribution is 0.594. The van der Waals surface area contributed by atoms with E-state index in [0.717, 1.165) is 49.4 Å². The molecule has 0 N–H and O–H groups in total. The molecule has 8 aromatic carbocycles. The van der Waals surface area contributed by atoms with Gasteiger partial charge in [0.05, 0.1) is 38.1 Å². The summed E-state index contributed by atoms with van der Waals surface area (Å²) in [6.07, 6.45) is 0. The van der Waals surface area contributed by atoms with Crippen LogP contribution in [0.15, 0.2) is 161 Å². The van der Waals surface area contributed by atoms with Crippen LogP contribution in [0, 0.1) is 11.3 Å². The van der Waals surface area contributed by atoms with Gasteiger partial charge in [-0.1, -0.05) is 123 Å². The van der Waals surface area contributed by atoms with Gasteiger partial charge in [-0.05, 0) is 109 Å². The molecule has 2 heterocycles. The SMILES string of the molecule is CC1(C)c2cc(C#N)ccc2-c2ccc(-c3c4ccccc4c(-c4ccc5c(c4)S(=O)(=O)c4cccc6nc(-c7ccccc7)n-5c46)c4ccccc34)cc21. The summed E-state index contributed by atoms with van der Waals surface area (Å²) in [5.41, 5.74) is 12.0. The molecule has 11 rings (SSSR count). The number of nitrogens with zero attached hydrogens (tertiary/aromatic N) is 3. The van der Waals surface area contributed by atoms with Crippen molar-refractivity contribution in [1.29, 1.82) is 5.26 Å². The van der Waals surface area contributed by atoms with Crippen LogP contribution < -0.4 is 0 Å². The van der Waals surface area contributed by atoms with Gasteiger partial charge in [-0.15, -0.1) is 0 Å². The molecule has 0 saturated carbocycles. The number of hydrogen-bond donors (Lipinski definition) is 0. The Morgan fingerprint density at radius 2 is 1.16 bits per heavy atom. The Kier molecular flexibility index (Phi) is 6.40. The molecule has 0 amide bonds. The molecule has 0 fully saturated rings. The number of rotatable bonds is 3. The molecule has 9 aromatic rings. The molecule has 5 nitrogen and oxygen atoms in total. The molecule has 55 heavy (non-hydrogen) atoms. The van der Waals surface area contributed by atoms with Gasteiger partial charge < -0.3 is 0 Å². The number of sulfone groups is 1. The molecule has 2 aliphatic rings. The molecule has 0 bridgehead atoms. The average molecular weight is 726 g/mol. The molecule has 1 aromatic heterocycles. The lowest BCUT2D eigenvalue weighted by Crippen LogP contribution is -2.15. The van der Waals surface area contributed by atoms with E-state index in [0.29, 0.717) is 28.1 Å². The predicted molar refractivity (Wildman–Crippen MR) is 220 cm³/mol. The Labute approximate surface area is 318 Å². The first-order valence-corrected chi connectivity index (χ1v) is 19.8. The number of benzene rings is 8. The molecule has 6 heteroatoms. The Morgan fingerprint density at radius 1 is 0.582 bits per heavy atom. The monoisotopic (exact) mass is 725 g/mol. The van der Waals surface area contributed by atoms with Gasteiger partial charge in [-0.2, -0.15) is 5.26 Å². The van der Waals surface area contributed by atoms with Gasteiger partial charge in [-0.3, -0.25) is 4.57 Å². The van der Waals surface area contributed by atoms with E-state index in [-0.39, 0.29) is 15.2 Å². The fourth-order valence-electron chi connectivity index (χ4n) is 9.23. The third-order valence-corrected chi connectivity index (χ3v) is 13.6. The Morgan fingerprint density at radius 3 is 1.82 bits per heavy atom. The topological polar surface area (TPSA) is 75.8 Å². The van der Waals surface area contributed by atoms with E-state index < -0.39 is 9.84 Å². The second kappa shape index (κ2) is 11.1. The molecule has 0 unspecified atom stereocenters. The van der Waals surface area contributed by atoms with Crippen molar-refractivity contribution in [2.45, 2.75) is 29.1 Å². The van der Waals surface area contributed by atoms with Crippen LogP contribution in [0.3, 0.4) is 0 Å². The smallest absolute Gasteiger partial charge is 0.210 e. The van der Waals surface area contributed by atoms with Crippen molar-refractivity contribution in [3.63, 3.8) is 0 Å². The minimum Gasteiger partial charge on any atom is -0.290 e. The van der Waals surface area contributed by atoms with E-state index in [1.807, 2.05) is 65.2 Å². The summed E-state index contributed by atoms with van der Waals surface area (Å²) in [7, 11) is -3.89. The largest absolute Gasteiger partial charge is 0.290 e. The zero-order valence-corrected chi connectivity index (χ0v) is 30.8. The summed E-state index contributed by atoms with van der Waals surface area (Å²) in [5.74, 6) is 0.707. The van der Waals surface area contributed by atoms with Crippen LogP contribution in [0.1, 0.15) is 30.5 Å². The van der Waals surface area contributed by atoms with E-state index in [9.17, 15) is 13.7 Å². The third kappa shape index (κ3) is 4.27. The first kappa shape index (κ1) is 31.7. The van der Waals surface area contributed by atoms with Crippen LogP contribution >= 0.6 is 0 Å². The molecule has 1 aliphatic heterocycles. The second-order valence-corrected chi connectivity index (χ2v) is 16.9. The van der Waals surface area contributed by atoms with Gasteiger partial charge in [0.1, 0.15) is 5.82 Å². The van der Waals surface area contributed by atoms with Crippen LogP contribution in [0.4, 0.5) is 0 Å². The number of para-hydroxylation sites is 1. The lowest BCUT2D eigenvalue weighted by Gasteiger charge is -2.24. The Bertz CT molecular complexity index is 3260. The normalized spacial score (nSPS) is 14.4. The maximum absolute atomic E-state index is 14.6. The minimum atomic E-state index is -3.89. The van der Waals surface area contributed by atoms with Crippen LogP contribution in [0.2, 0.25) is 0 Å². The summed E-state index contributed by atoms with van der Waals surface area (Å²) < 4.78 is 31.2. The van der Waals surface area contributed by atoms with Crippen molar-refractivity contribution in [2.24, 2.45) is 0 Å². The average Bonchev–Trinajstić information content (AvgIpc) is 3.71.